The molecule has 4 rings (SSSR count). The van der Waals surface area contributed by atoms with Crippen LogP contribution in [0.5, 0.6) is 0 Å². The molecule has 7 nitrogen and oxygen atoms in total. The average Bonchev–Trinajstić information content (AvgIpc) is 3.42. The summed E-state index contributed by atoms with van der Waals surface area (Å²) >= 11 is 1.57. The van der Waals surface area contributed by atoms with E-state index in [2.05, 4.69) is 10.2 Å². The fourth-order valence-electron chi connectivity index (χ4n) is 4.08. The van der Waals surface area contributed by atoms with Gasteiger partial charge in [0.15, 0.2) is 0 Å². The maximum absolute atomic E-state index is 13.6. The van der Waals surface area contributed by atoms with Crippen LogP contribution in [-0.2, 0) is 22.6 Å². The Bertz CT molecular complexity index is 1130. The molecule has 1 N–H and O–H groups in total. The molecule has 1 aliphatic rings. The monoisotopic (exact) mass is 524 g/mol. The summed E-state index contributed by atoms with van der Waals surface area (Å²) in [6, 6.07) is 17.4. The Hall–Kier alpha value is -3.27. The van der Waals surface area contributed by atoms with E-state index in [0.717, 1.165) is 29.1 Å². The summed E-state index contributed by atoms with van der Waals surface area (Å²) in [7, 11) is 0. The zero-order valence-corrected chi connectivity index (χ0v) is 21.9. The molecule has 0 spiro atoms. The van der Waals surface area contributed by atoms with Crippen molar-refractivity contribution in [1.29, 1.82) is 0 Å². The number of nitrogens with zero attached hydrogens (tertiary/aromatic N) is 3. The van der Waals surface area contributed by atoms with Crippen LogP contribution in [0, 0.1) is 12.7 Å². The van der Waals surface area contributed by atoms with Gasteiger partial charge < -0.3 is 19.9 Å². The summed E-state index contributed by atoms with van der Waals surface area (Å²) in [5.74, 6) is -0.485. The van der Waals surface area contributed by atoms with Crippen LogP contribution in [0.4, 0.5) is 14.9 Å². The van der Waals surface area contributed by atoms with Crippen LogP contribution in [-0.4, -0.2) is 72.6 Å². The van der Waals surface area contributed by atoms with Crippen LogP contribution in [0.1, 0.15) is 16.0 Å². The standard InChI is InChI=1S/C28H33FN4O3S/c1-22-4-10-25(11-5-22)30-28(35)32(13-12-31-14-16-36-17-15-31)21-27(34)33(20-26-3-2-18-37-26)19-23-6-8-24(29)9-7-23/h2-11,18H,12-17,19-21H2,1H3,(H,30,35). The third kappa shape index (κ3) is 8.38. The predicted octanol–water partition coefficient (Wildman–Crippen LogP) is 4.59. The SMILES string of the molecule is Cc1ccc(NC(=O)N(CCN2CCOCC2)CC(=O)N(Cc2ccc(F)cc2)Cc2cccs2)cc1. The van der Waals surface area contributed by atoms with Crippen LogP contribution < -0.4 is 5.32 Å². The molecule has 2 aromatic carbocycles. The smallest absolute Gasteiger partial charge is 0.322 e. The summed E-state index contributed by atoms with van der Waals surface area (Å²) in [5.41, 5.74) is 2.61. The number of ether oxygens (including phenoxy) is 1. The van der Waals surface area contributed by atoms with E-state index in [1.807, 2.05) is 48.7 Å². The fourth-order valence-corrected chi connectivity index (χ4v) is 4.79. The van der Waals surface area contributed by atoms with E-state index in [1.165, 1.54) is 12.1 Å². The molecule has 0 aliphatic carbocycles. The van der Waals surface area contributed by atoms with E-state index < -0.39 is 0 Å². The van der Waals surface area contributed by atoms with Gasteiger partial charge in [-0.1, -0.05) is 35.9 Å². The topological polar surface area (TPSA) is 65.1 Å². The van der Waals surface area contributed by atoms with Gasteiger partial charge in [-0.25, -0.2) is 9.18 Å². The predicted molar refractivity (Wildman–Crippen MR) is 144 cm³/mol. The Morgan fingerprint density at radius 3 is 2.41 bits per heavy atom. The Morgan fingerprint density at radius 2 is 1.73 bits per heavy atom. The van der Waals surface area contributed by atoms with Gasteiger partial charge in [-0.05, 0) is 48.2 Å². The molecule has 3 amide bonds. The lowest BCUT2D eigenvalue weighted by molar-refractivity contribution is -0.133. The van der Waals surface area contributed by atoms with Gasteiger partial charge in [0, 0.05) is 43.3 Å². The van der Waals surface area contributed by atoms with E-state index in [4.69, 9.17) is 4.74 Å². The van der Waals surface area contributed by atoms with Gasteiger partial charge in [0.2, 0.25) is 5.91 Å². The van der Waals surface area contributed by atoms with E-state index >= 15 is 0 Å². The van der Waals surface area contributed by atoms with Gasteiger partial charge >= 0.3 is 6.03 Å². The number of morpholine rings is 1. The van der Waals surface area contributed by atoms with Crippen molar-refractivity contribution in [3.05, 3.63) is 87.9 Å². The molecule has 1 aromatic heterocycles. The summed E-state index contributed by atoms with van der Waals surface area (Å²) in [6.07, 6.45) is 0. The molecule has 1 aliphatic heterocycles. The number of rotatable bonds is 10. The highest BCUT2D eigenvalue weighted by Crippen LogP contribution is 2.16. The van der Waals surface area contributed by atoms with Crippen molar-refractivity contribution in [3.63, 3.8) is 0 Å². The van der Waals surface area contributed by atoms with Gasteiger partial charge in [0.05, 0.1) is 19.8 Å². The molecule has 0 saturated carbocycles. The van der Waals surface area contributed by atoms with Crippen molar-refractivity contribution in [2.75, 3.05) is 51.3 Å². The second-order valence-electron chi connectivity index (χ2n) is 9.13. The number of benzene rings is 2. The molecule has 1 saturated heterocycles. The van der Waals surface area contributed by atoms with Gasteiger partial charge in [0.1, 0.15) is 12.4 Å². The number of carbonyl (C=O) groups is 2. The van der Waals surface area contributed by atoms with Crippen molar-refractivity contribution >= 4 is 29.0 Å². The lowest BCUT2D eigenvalue weighted by Gasteiger charge is -2.31. The minimum atomic E-state index is -0.318. The van der Waals surface area contributed by atoms with E-state index in [0.29, 0.717) is 45.1 Å². The van der Waals surface area contributed by atoms with Crippen LogP contribution in [0.15, 0.2) is 66.0 Å². The first-order chi connectivity index (χ1) is 18.0. The number of halogens is 1. The zero-order valence-electron chi connectivity index (χ0n) is 21.1. The molecular weight excluding hydrogens is 491 g/mol. The number of anilines is 1. The molecule has 0 atom stereocenters. The maximum Gasteiger partial charge on any atom is 0.322 e. The Morgan fingerprint density at radius 1 is 1.00 bits per heavy atom. The first-order valence-corrected chi connectivity index (χ1v) is 13.3. The number of urea groups is 1. The molecule has 1 fully saturated rings. The summed E-state index contributed by atoms with van der Waals surface area (Å²) < 4.78 is 18.9. The van der Waals surface area contributed by atoms with E-state index in [-0.39, 0.29) is 24.3 Å². The Balaban J connectivity index is 1.48. The molecular formula is C28H33FN4O3S. The summed E-state index contributed by atoms with van der Waals surface area (Å²) in [6.45, 7) is 6.68. The molecule has 9 heteroatoms. The lowest BCUT2D eigenvalue weighted by Crippen LogP contribution is -2.48. The van der Waals surface area contributed by atoms with Crippen molar-refractivity contribution in [3.8, 4) is 0 Å². The number of hydrogen-bond donors (Lipinski definition) is 1. The zero-order chi connectivity index (χ0) is 26.0. The van der Waals surface area contributed by atoms with Gasteiger partial charge in [0.25, 0.3) is 0 Å². The maximum atomic E-state index is 13.6. The third-order valence-corrected chi connectivity index (χ3v) is 7.13. The number of hydrogen-bond acceptors (Lipinski definition) is 5. The highest BCUT2D eigenvalue weighted by atomic mass is 32.1. The highest BCUT2D eigenvalue weighted by Gasteiger charge is 2.23. The minimum absolute atomic E-state index is 0.0609. The van der Waals surface area contributed by atoms with Crippen LogP contribution in [0.3, 0.4) is 0 Å². The van der Waals surface area contributed by atoms with Gasteiger partial charge in [-0.2, -0.15) is 0 Å². The first-order valence-electron chi connectivity index (χ1n) is 12.4. The number of amides is 3. The average molecular weight is 525 g/mol. The van der Waals surface area contributed by atoms with Crippen LogP contribution >= 0.6 is 11.3 Å². The lowest BCUT2D eigenvalue weighted by atomic mass is 10.2. The second kappa shape index (κ2) is 13.3. The number of thiophene rings is 1. The summed E-state index contributed by atoms with van der Waals surface area (Å²) in [5, 5.41) is 4.91. The molecule has 3 aromatic rings. The van der Waals surface area contributed by atoms with Gasteiger partial charge in [-0.15, -0.1) is 11.3 Å². The quantitative estimate of drug-likeness (QED) is 0.421. The number of carbonyl (C=O) groups excluding carboxylic acids is 2. The third-order valence-electron chi connectivity index (χ3n) is 6.27. The summed E-state index contributed by atoms with van der Waals surface area (Å²) in [4.78, 5) is 33.5. The molecule has 196 valence electrons. The fraction of sp³-hybridized carbons (Fsp3) is 0.357. The molecule has 0 bridgehead atoms. The van der Waals surface area contributed by atoms with E-state index in [9.17, 15) is 14.0 Å². The number of aryl methyl sites for hydroxylation is 1. The molecule has 0 unspecified atom stereocenters. The minimum Gasteiger partial charge on any atom is -0.379 e. The highest BCUT2D eigenvalue weighted by molar-refractivity contribution is 7.09. The van der Waals surface area contributed by atoms with E-state index in [1.54, 1.807) is 33.3 Å². The van der Waals surface area contributed by atoms with Gasteiger partial charge in [-0.3, -0.25) is 9.69 Å². The Labute approximate surface area is 221 Å². The normalized spacial score (nSPS) is 13.8. The second-order valence-corrected chi connectivity index (χ2v) is 10.2. The number of nitrogens with one attached hydrogen (secondary N) is 1. The molecule has 0 radical (unpaired) electrons. The van der Waals surface area contributed by atoms with Crippen molar-refractivity contribution in [1.82, 2.24) is 14.7 Å². The molecule has 37 heavy (non-hydrogen) atoms. The van der Waals surface area contributed by atoms with Crippen LogP contribution in [0.25, 0.3) is 0 Å². The van der Waals surface area contributed by atoms with Crippen molar-refractivity contribution in [2.24, 2.45) is 0 Å². The first kappa shape index (κ1) is 26.8. The van der Waals surface area contributed by atoms with Crippen molar-refractivity contribution < 1.29 is 18.7 Å². The van der Waals surface area contributed by atoms with Crippen LogP contribution in [0.2, 0.25) is 0 Å². The molecule has 2 heterocycles. The Kier molecular flexibility index (Phi) is 9.65. The van der Waals surface area contributed by atoms with Crippen molar-refractivity contribution in [2.45, 2.75) is 20.0 Å². The largest absolute Gasteiger partial charge is 0.379 e.